The second kappa shape index (κ2) is 4.87. The van der Waals surface area contributed by atoms with Gasteiger partial charge in [-0.3, -0.25) is 0 Å². The highest BCUT2D eigenvalue weighted by Gasteiger charge is 2.33. The standard InChI is InChI=1S/C8H8Cl3NO2S/c1-2-3-4-12-6(8(9,10)11)5(15-4)7(13)14/h2-3H2,1H3,(H,13,14). The van der Waals surface area contributed by atoms with Gasteiger partial charge in [0.1, 0.15) is 10.6 Å². The summed E-state index contributed by atoms with van der Waals surface area (Å²) in [6, 6.07) is 0. The Bertz CT molecular complexity index is 372. The highest BCUT2D eigenvalue weighted by Crippen LogP contribution is 2.41. The molecule has 3 nitrogen and oxygen atoms in total. The van der Waals surface area contributed by atoms with Crippen LogP contribution in [0.25, 0.3) is 0 Å². The van der Waals surface area contributed by atoms with Crippen molar-refractivity contribution >= 4 is 52.1 Å². The fourth-order valence-electron chi connectivity index (χ4n) is 1.02. The number of rotatable bonds is 3. The largest absolute Gasteiger partial charge is 0.477 e. The zero-order chi connectivity index (χ0) is 11.6. The van der Waals surface area contributed by atoms with Gasteiger partial charge in [0.05, 0.1) is 5.01 Å². The second-order valence-electron chi connectivity index (χ2n) is 2.84. The fourth-order valence-corrected chi connectivity index (χ4v) is 2.66. The van der Waals surface area contributed by atoms with E-state index in [1.807, 2.05) is 6.92 Å². The van der Waals surface area contributed by atoms with Gasteiger partial charge in [-0.05, 0) is 12.8 Å². The molecule has 0 bridgehead atoms. The number of hydrogen-bond acceptors (Lipinski definition) is 3. The van der Waals surface area contributed by atoms with E-state index in [1.54, 1.807) is 0 Å². The first-order valence-electron chi connectivity index (χ1n) is 4.16. The van der Waals surface area contributed by atoms with Crippen molar-refractivity contribution in [3.8, 4) is 0 Å². The number of carbonyl (C=O) groups is 1. The molecule has 0 fully saturated rings. The van der Waals surface area contributed by atoms with Gasteiger partial charge in [0.25, 0.3) is 0 Å². The number of hydrogen-bond donors (Lipinski definition) is 1. The Kier molecular flexibility index (Phi) is 4.23. The summed E-state index contributed by atoms with van der Waals surface area (Å²) >= 11 is 18.0. The van der Waals surface area contributed by atoms with Crippen LogP contribution in [-0.4, -0.2) is 16.1 Å². The van der Waals surface area contributed by atoms with Crippen molar-refractivity contribution in [2.24, 2.45) is 0 Å². The zero-order valence-electron chi connectivity index (χ0n) is 7.76. The lowest BCUT2D eigenvalue weighted by molar-refractivity contribution is 0.0701. The van der Waals surface area contributed by atoms with E-state index >= 15 is 0 Å². The van der Waals surface area contributed by atoms with Crippen LogP contribution in [0.4, 0.5) is 0 Å². The molecule has 1 rings (SSSR count). The Labute approximate surface area is 106 Å². The third kappa shape index (κ3) is 3.21. The van der Waals surface area contributed by atoms with Gasteiger partial charge in [0.2, 0.25) is 3.79 Å². The minimum absolute atomic E-state index is 0.00144. The molecule has 0 spiro atoms. The minimum atomic E-state index is -1.78. The first-order chi connectivity index (χ1) is 6.86. The lowest BCUT2D eigenvalue weighted by atomic mass is 10.3. The first kappa shape index (κ1) is 13.0. The Morgan fingerprint density at radius 2 is 2.13 bits per heavy atom. The summed E-state index contributed by atoms with van der Waals surface area (Å²) in [6.07, 6.45) is 1.55. The quantitative estimate of drug-likeness (QED) is 0.864. The summed E-state index contributed by atoms with van der Waals surface area (Å²) < 4.78 is -1.78. The molecule has 0 radical (unpaired) electrons. The molecule has 0 atom stereocenters. The normalized spacial score (nSPS) is 11.7. The fraction of sp³-hybridized carbons (Fsp3) is 0.500. The van der Waals surface area contributed by atoms with E-state index in [0.717, 1.165) is 17.8 Å². The Hall–Kier alpha value is -0.0300. The minimum Gasteiger partial charge on any atom is -0.477 e. The van der Waals surface area contributed by atoms with E-state index < -0.39 is 9.76 Å². The molecule has 84 valence electrons. The van der Waals surface area contributed by atoms with E-state index in [9.17, 15) is 4.79 Å². The van der Waals surface area contributed by atoms with Crippen molar-refractivity contribution < 1.29 is 9.90 Å². The maximum atomic E-state index is 10.9. The summed E-state index contributed by atoms with van der Waals surface area (Å²) in [5.41, 5.74) is 0.00782. The smallest absolute Gasteiger partial charge is 0.347 e. The van der Waals surface area contributed by atoms with E-state index in [4.69, 9.17) is 39.9 Å². The summed E-state index contributed by atoms with van der Waals surface area (Å²) in [6.45, 7) is 1.97. The van der Waals surface area contributed by atoms with Crippen LogP contribution in [-0.2, 0) is 10.2 Å². The summed E-state index contributed by atoms with van der Waals surface area (Å²) in [4.78, 5) is 14.9. The van der Waals surface area contributed by atoms with Crippen LogP contribution in [0.1, 0.15) is 33.7 Å². The van der Waals surface area contributed by atoms with Gasteiger partial charge in [-0.25, -0.2) is 9.78 Å². The van der Waals surface area contributed by atoms with Crippen LogP contribution in [0.3, 0.4) is 0 Å². The van der Waals surface area contributed by atoms with Crippen molar-refractivity contribution in [3.05, 3.63) is 15.6 Å². The molecule has 0 aliphatic rings. The van der Waals surface area contributed by atoms with Gasteiger partial charge in [0, 0.05) is 0 Å². The maximum absolute atomic E-state index is 10.9. The number of carboxylic acids is 1. The molecule has 0 saturated heterocycles. The SMILES string of the molecule is CCCc1nc(C(Cl)(Cl)Cl)c(C(=O)O)s1. The van der Waals surface area contributed by atoms with Crippen molar-refractivity contribution in [2.75, 3.05) is 0 Å². The molecule has 1 heterocycles. The molecule has 1 aromatic rings. The van der Waals surface area contributed by atoms with Crippen LogP contribution >= 0.6 is 46.1 Å². The molecule has 1 aromatic heterocycles. The monoisotopic (exact) mass is 287 g/mol. The van der Waals surface area contributed by atoms with Gasteiger partial charge in [0.15, 0.2) is 0 Å². The predicted molar refractivity (Wildman–Crippen MR) is 62.3 cm³/mol. The van der Waals surface area contributed by atoms with Gasteiger partial charge < -0.3 is 5.11 Å². The van der Waals surface area contributed by atoms with Crippen molar-refractivity contribution in [1.29, 1.82) is 0 Å². The first-order valence-corrected chi connectivity index (χ1v) is 6.11. The number of aryl methyl sites for hydroxylation is 1. The van der Waals surface area contributed by atoms with Crippen LogP contribution in [0.15, 0.2) is 0 Å². The molecule has 0 unspecified atom stereocenters. The molecule has 0 saturated carbocycles. The second-order valence-corrected chi connectivity index (χ2v) is 6.20. The number of thiazole rings is 1. The molecule has 0 amide bonds. The van der Waals surface area contributed by atoms with E-state index in [1.165, 1.54) is 0 Å². The number of alkyl halides is 3. The lowest BCUT2D eigenvalue weighted by Crippen LogP contribution is -2.08. The molecular formula is C8H8Cl3NO2S. The van der Waals surface area contributed by atoms with Crippen LogP contribution < -0.4 is 0 Å². The summed E-state index contributed by atoms with van der Waals surface area (Å²) in [5, 5.41) is 9.58. The summed E-state index contributed by atoms with van der Waals surface area (Å²) in [7, 11) is 0. The molecule has 0 aliphatic heterocycles. The summed E-state index contributed by atoms with van der Waals surface area (Å²) in [5.74, 6) is -1.11. The van der Waals surface area contributed by atoms with Crippen molar-refractivity contribution in [3.63, 3.8) is 0 Å². The topological polar surface area (TPSA) is 50.2 Å². The van der Waals surface area contributed by atoms with Crippen LogP contribution in [0.5, 0.6) is 0 Å². The predicted octanol–water partition coefficient (Wildman–Crippen LogP) is 3.62. The van der Waals surface area contributed by atoms with Crippen LogP contribution in [0, 0.1) is 0 Å². The van der Waals surface area contributed by atoms with E-state index in [0.29, 0.717) is 11.4 Å². The molecular weight excluding hydrogens is 281 g/mol. The van der Waals surface area contributed by atoms with Gasteiger partial charge >= 0.3 is 5.97 Å². The lowest BCUT2D eigenvalue weighted by Gasteiger charge is -2.07. The third-order valence-corrected chi connectivity index (χ3v) is 3.24. The molecule has 0 aromatic carbocycles. The number of halogens is 3. The highest BCUT2D eigenvalue weighted by atomic mass is 35.6. The number of nitrogens with zero attached hydrogens (tertiary/aromatic N) is 1. The molecule has 15 heavy (non-hydrogen) atoms. The van der Waals surface area contributed by atoms with Gasteiger partial charge in [-0.15, -0.1) is 11.3 Å². The van der Waals surface area contributed by atoms with E-state index in [2.05, 4.69) is 4.98 Å². The van der Waals surface area contributed by atoms with E-state index in [-0.39, 0.29) is 10.6 Å². The Morgan fingerprint density at radius 1 is 1.53 bits per heavy atom. The Balaban J connectivity index is 3.18. The van der Waals surface area contributed by atoms with Crippen LogP contribution in [0.2, 0.25) is 0 Å². The number of carboxylic acid groups (broad SMARTS) is 1. The number of aromatic nitrogens is 1. The third-order valence-electron chi connectivity index (χ3n) is 1.60. The van der Waals surface area contributed by atoms with Gasteiger partial charge in [-0.2, -0.15) is 0 Å². The molecule has 1 N–H and O–H groups in total. The van der Waals surface area contributed by atoms with Crippen molar-refractivity contribution in [1.82, 2.24) is 4.98 Å². The average molecular weight is 289 g/mol. The highest BCUT2D eigenvalue weighted by molar-refractivity contribution is 7.13. The zero-order valence-corrected chi connectivity index (χ0v) is 10.8. The van der Waals surface area contributed by atoms with Crippen molar-refractivity contribution in [2.45, 2.75) is 23.6 Å². The molecule has 0 aliphatic carbocycles. The molecule has 7 heteroatoms. The number of aromatic carboxylic acids is 1. The average Bonchev–Trinajstić information content (AvgIpc) is 2.48. The maximum Gasteiger partial charge on any atom is 0.347 e. The van der Waals surface area contributed by atoms with Gasteiger partial charge in [-0.1, -0.05) is 41.7 Å². The Morgan fingerprint density at radius 3 is 2.47 bits per heavy atom.